The number of benzene rings is 1. The van der Waals surface area contributed by atoms with Gasteiger partial charge in [-0.3, -0.25) is 9.48 Å². The third kappa shape index (κ3) is 2.27. The maximum atomic E-state index is 10.9. The first-order chi connectivity index (χ1) is 8.65. The molecule has 0 spiro atoms. The maximum absolute atomic E-state index is 10.9. The highest BCUT2D eigenvalue weighted by molar-refractivity contribution is 5.79. The van der Waals surface area contributed by atoms with E-state index in [0.717, 1.165) is 17.5 Å². The van der Waals surface area contributed by atoms with Crippen LogP contribution in [-0.2, 0) is 0 Å². The lowest BCUT2D eigenvalue weighted by Crippen LogP contribution is -2.04. The summed E-state index contributed by atoms with van der Waals surface area (Å²) < 4.78 is 7.13. The van der Waals surface area contributed by atoms with E-state index in [-0.39, 0.29) is 6.04 Å². The SMILES string of the molecule is COc1cc(C=O)cc(-c2ccnn2C(C)C)c1. The molecular weight excluding hydrogens is 228 g/mol. The van der Waals surface area contributed by atoms with Gasteiger partial charge in [0.1, 0.15) is 12.0 Å². The highest BCUT2D eigenvalue weighted by Crippen LogP contribution is 2.27. The number of methoxy groups -OCH3 is 1. The molecule has 0 N–H and O–H groups in total. The fraction of sp³-hybridized carbons (Fsp3) is 0.286. The second kappa shape index (κ2) is 5.04. The molecule has 1 aromatic carbocycles. The molecule has 4 nitrogen and oxygen atoms in total. The number of nitrogens with zero attached hydrogens (tertiary/aromatic N) is 2. The summed E-state index contributed by atoms with van der Waals surface area (Å²) in [5.41, 5.74) is 2.51. The zero-order chi connectivity index (χ0) is 13.1. The molecule has 0 aliphatic carbocycles. The van der Waals surface area contributed by atoms with Crippen molar-refractivity contribution < 1.29 is 9.53 Å². The van der Waals surface area contributed by atoms with Gasteiger partial charge in [-0.15, -0.1) is 0 Å². The topological polar surface area (TPSA) is 44.1 Å². The van der Waals surface area contributed by atoms with Crippen molar-refractivity contribution >= 4 is 6.29 Å². The van der Waals surface area contributed by atoms with Crippen LogP contribution in [0.25, 0.3) is 11.3 Å². The summed E-state index contributed by atoms with van der Waals surface area (Å²) in [5, 5.41) is 4.29. The van der Waals surface area contributed by atoms with Gasteiger partial charge in [0, 0.05) is 23.4 Å². The Labute approximate surface area is 106 Å². The molecule has 0 saturated carbocycles. The lowest BCUT2D eigenvalue weighted by Gasteiger charge is -2.12. The summed E-state index contributed by atoms with van der Waals surface area (Å²) in [6, 6.07) is 7.66. The van der Waals surface area contributed by atoms with Crippen LogP contribution in [0.2, 0.25) is 0 Å². The fourth-order valence-electron chi connectivity index (χ4n) is 1.91. The molecular formula is C14H16N2O2. The molecule has 2 aromatic rings. The van der Waals surface area contributed by atoms with Crippen LogP contribution in [0.4, 0.5) is 0 Å². The number of carbonyl (C=O) groups is 1. The van der Waals surface area contributed by atoms with Crippen LogP contribution in [-0.4, -0.2) is 23.2 Å². The third-order valence-electron chi connectivity index (χ3n) is 2.76. The van der Waals surface area contributed by atoms with Crippen LogP contribution in [0, 0.1) is 0 Å². The van der Waals surface area contributed by atoms with Crippen LogP contribution < -0.4 is 4.74 Å². The quantitative estimate of drug-likeness (QED) is 0.777. The highest BCUT2D eigenvalue weighted by atomic mass is 16.5. The van der Waals surface area contributed by atoms with E-state index in [2.05, 4.69) is 18.9 Å². The van der Waals surface area contributed by atoms with E-state index < -0.39 is 0 Å². The summed E-state index contributed by atoms with van der Waals surface area (Å²) in [7, 11) is 1.59. The Kier molecular flexibility index (Phi) is 3.46. The molecule has 0 saturated heterocycles. The zero-order valence-corrected chi connectivity index (χ0v) is 10.8. The molecule has 0 atom stereocenters. The second-order valence-corrected chi connectivity index (χ2v) is 4.37. The average Bonchev–Trinajstić information content (AvgIpc) is 2.87. The average molecular weight is 244 g/mol. The lowest BCUT2D eigenvalue weighted by atomic mass is 10.1. The summed E-state index contributed by atoms with van der Waals surface area (Å²) >= 11 is 0. The van der Waals surface area contributed by atoms with Gasteiger partial charge >= 0.3 is 0 Å². The number of carbonyl (C=O) groups excluding carboxylic acids is 1. The minimum absolute atomic E-state index is 0.265. The van der Waals surface area contributed by atoms with Gasteiger partial charge in [-0.1, -0.05) is 0 Å². The molecule has 94 valence electrons. The molecule has 0 fully saturated rings. The number of aromatic nitrogens is 2. The Bertz CT molecular complexity index is 559. The summed E-state index contributed by atoms with van der Waals surface area (Å²) in [6.07, 6.45) is 2.58. The minimum Gasteiger partial charge on any atom is -0.497 e. The van der Waals surface area contributed by atoms with Gasteiger partial charge in [0.05, 0.1) is 12.8 Å². The Morgan fingerprint density at radius 3 is 2.72 bits per heavy atom. The van der Waals surface area contributed by atoms with Crippen LogP contribution in [0.15, 0.2) is 30.5 Å². The van der Waals surface area contributed by atoms with E-state index in [1.165, 1.54) is 0 Å². The van der Waals surface area contributed by atoms with Gasteiger partial charge in [-0.25, -0.2) is 0 Å². The number of hydrogen-bond acceptors (Lipinski definition) is 3. The molecule has 0 aliphatic rings. The molecule has 0 amide bonds. The molecule has 0 aliphatic heterocycles. The third-order valence-corrected chi connectivity index (χ3v) is 2.76. The molecule has 0 bridgehead atoms. The van der Waals surface area contributed by atoms with Gasteiger partial charge in [0.25, 0.3) is 0 Å². The van der Waals surface area contributed by atoms with Crippen LogP contribution in [0.5, 0.6) is 5.75 Å². The Morgan fingerprint density at radius 1 is 1.33 bits per heavy atom. The van der Waals surface area contributed by atoms with Gasteiger partial charge < -0.3 is 4.74 Å². The largest absolute Gasteiger partial charge is 0.497 e. The first kappa shape index (κ1) is 12.4. The van der Waals surface area contributed by atoms with Gasteiger partial charge in [0.2, 0.25) is 0 Å². The summed E-state index contributed by atoms with van der Waals surface area (Å²) in [6.45, 7) is 4.13. The van der Waals surface area contributed by atoms with Crippen LogP contribution in [0.3, 0.4) is 0 Å². The molecule has 18 heavy (non-hydrogen) atoms. The van der Waals surface area contributed by atoms with Crippen molar-refractivity contribution in [1.29, 1.82) is 0 Å². The zero-order valence-electron chi connectivity index (χ0n) is 10.8. The number of aldehydes is 1. The normalized spacial score (nSPS) is 10.7. The van der Waals surface area contributed by atoms with E-state index in [0.29, 0.717) is 11.3 Å². The van der Waals surface area contributed by atoms with Crippen molar-refractivity contribution in [3.05, 3.63) is 36.0 Å². The predicted octanol–water partition coefficient (Wildman–Crippen LogP) is 2.95. The van der Waals surface area contributed by atoms with Crippen molar-refractivity contribution in [3.63, 3.8) is 0 Å². The lowest BCUT2D eigenvalue weighted by molar-refractivity contribution is 0.112. The monoisotopic (exact) mass is 244 g/mol. The maximum Gasteiger partial charge on any atom is 0.150 e. The van der Waals surface area contributed by atoms with Gasteiger partial charge in [0.15, 0.2) is 0 Å². The molecule has 1 heterocycles. The van der Waals surface area contributed by atoms with E-state index in [1.807, 2.05) is 22.9 Å². The van der Waals surface area contributed by atoms with Crippen molar-refractivity contribution in [2.45, 2.75) is 19.9 Å². The van der Waals surface area contributed by atoms with Gasteiger partial charge in [-0.2, -0.15) is 5.10 Å². The highest BCUT2D eigenvalue weighted by Gasteiger charge is 2.10. The molecule has 0 radical (unpaired) electrons. The Balaban J connectivity index is 2.55. The number of ether oxygens (including phenoxy) is 1. The molecule has 2 rings (SSSR count). The molecule has 0 unspecified atom stereocenters. The number of hydrogen-bond donors (Lipinski definition) is 0. The Hall–Kier alpha value is -2.10. The smallest absolute Gasteiger partial charge is 0.150 e. The second-order valence-electron chi connectivity index (χ2n) is 4.37. The number of rotatable bonds is 4. The van der Waals surface area contributed by atoms with E-state index in [4.69, 9.17) is 4.74 Å². The van der Waals surface area contributed by atoms with Gasteiger partial charge in [-0.05, 0) is 38.1 Å². The Morgan fingerprint density at radius 2 is 2.11 bits per heavy atom. The van der Waals surface area contributed by atoms with Crippen molar-refractivity contribution in [3.8, 4) is 17.0 Å². The fourth-order valence-corrected chi connectivity index (χ4v) is 1.91. The predicted molar refractivity (Wildman–Crippen MR) is 70.0 cm³/mol. The van der Waals surface area contributed by atoms with Crippen molar-refractivity contribution in [1.82, 2.24) is 9.78 Å². The van der Waals surface area contributed by atoms with E-state index >= 15 is 0 Å². The minimum atomic E-state index is 0.265. The van der Waals surface area contributed by atoms with Crippen molar-refractivity contribution in [2.24, 2.45) is 0 Å². The summed E-state index contributed by atoms with van der Waals surface area (Å²) in [5.74, 6) is 0.672. The first-order valence-corrected chi connectivity index (χ1v) is 5.84. The standard InChI is InChI=1S/C14H16N2O2/c1-10(2)16-14(4-5-15-16)12-6-11(9-17)7-13(8-12)18-3/h4-10H,1-3H3. The summed E-state index contributed by atoms with van der Waals surface area (Å²) in [4.78, 5) is 10.9. The molecule has 4 heteroatoms. The van der Waals surface area contributed by atoms with Crippen LogP contribution >= 0.6 is 0 Å². The molecule has 1 aromatic heterocycles. The van der Waals surface area contributed by atoms with Crippen molar-refractivity contribution in [2.75, 3.05) is 7.11 Å². The van der Waals surface area contributed by atoms with Crippen LogP contribution in [0.1, 0.15) is 30.2 Å². The van der Waals surface area contributed by atoms with E-state index in [1.54, 1.807) is 19.4 Å². The van der Waals surface area contributed by atoms with E-state index in [9.17, 15) is 4.79 Å². The first-order valence-electron chi connectivity index (χ1n) is 5.84.